The first-order chi connectivity index (χ1) is 4.20. The molecule has 1 heteroatoms. The Morgan fingerprint density at radius 2 is 2.25 bits per heavy atom. The number of phenols is 1. The standard InChI is InChI=1S/C7H8O/c1-6-2-4-7(8)5-3-6/h2-5,8H,1H3/i4D. The molecule has 8 heavy (non-hydrogen) atoms. The summed E-state index contributed by atoms with van der Waals surface area (Å²) in [5, 5.41) is 8.86. The second-order valence-electron chi connectivity index (χ2n) is 1.75. The normalized spacial score (nSPS) is 10.9. The SMILES string of the molecule is [2H]c1cc(C)ccc1O. The molecule has 0 fully saturated rings. The molecule has 0 aliphatic carbocycles. The highest BCUT2D eigenvalue weighted by atomic mass is 16.3. The summed E-state index contributed by atoms with van der Waals surface area (Å²) in [6.07, 6.45) is 0. The average molecular weight is 109 g/mol. The molecule has 0 aromatic heterocycles. The molecule has 0 saturated heterocycles. The lowest BCUT2D eigenvalue weighted by Gasteiger charge is -1.89. The number of phenolic OH excluding ortho intramolecular Hbond substituents is 1. The fourth-order valence-electron chi connectivity index (χ4n) is 0.494. The molecule has 1 nitrogen and oxygen atoms in total. The van der Waals surface area contributed by atoms with Crippen molar-refractivity contribution in [3.05, 3.63) is 29.8 Å². The van der Waals surface area contributed by atoms with Crippen LogP contribution in [-0.2, 0) is 0 Å². The Kier molecular flexibility index (Phi) is 0.922. The van der Waals surface area contributed by atoms with Crippen LogP contribution in [0, 0.1) is 6.92 Å². The number of aryl methyl sites for hydroxylation is 1. The lowest BCUT2D eigenvalue weighted by Crippen LogP contribution is -1.66. The lowest BCUT2D eigenvalue weighted by atomic mass is 10.2. The molecule has 1 N–H and O–H groups in total. The van der Waals surface area contributed by atoms with Gasteiger partial charge in [-0.15, -0.1) is 0 Å². The first kappa shape index (κ1) is 3.96. The topological polar surface area (TPSA) is 20.2 Å². The molecule has 0 aliphatic rings. The summed E-state index contributed by atoms with van der Waals surface area (Å²) < 4.78 is 7.11. The zero-order valence-corrected chi connectivity index (χ0v) is 4.68. The maximum absolute atomic E-state index is 8.86. The molecule has 1 rings (SSSR count). The number of hydrogen-bond acceptors (Lipinski definition) is 1. The first-order valence-electron chi connectivity index (χ1n) is 2.96. The number of hydrogen-bond donors (Lipinski definition) is 1. The Hall–Kier alpha value is -0.980. The van der Waals surface area contributed by atoms with Gasteiger partial charge in [0.1, 0.15) is 5.75 Å². The van der Waals surface area contributed by atoms with Gasteiger partial charge in [-0.2, -0.15) is 0 Å². The number of benzene rings is 1. The first-order valence-corrected chi connectivity index (χ1v) is 2.46. The fraction of sp³-hybridized carbons (Fsp3) is 0.143. The largest absolute Gasteiger partial charge is 0.508 e. The van der Waals surface area contributed by atoms with Crippen molar-refractivity contribution in [2.75, 3.05) is 0 Å². The van der Waals surface area contributed by atoms with Crippen molar-refractivity contribution >= 4 is 0 Å². The highest BCUT2D eigenvalue weighted by Gasteiger charge is 1.82. The number of rotatable bonds is 0. The second-order valence-corrected chi connectivity index (χ2v) is 1.75. The van der Waals surface area contributed by atoms with Gasteiger partial charge in [-0.3, -0.25) is 0 Å². The van der Waals surface area contributed by atoms with Crippen molar-refractivity contribution in [2.24, 2.45) is 0 Å². The summed E-state index contributed by atoms with van der Waals surface area (Å²) in [5.41, 5.74) is 0.998. The van der Waals surface area contributed by atoms with Crippen molar-refractivity contribution in [1.82, 2.24) is 0 Å². The third-order valence-corrected chi connectivity index (χ3v) is 0.952. The van der Waals surface area contributed by atoms with E-state index >= 15 is 0 Å². The third-order valence-electron chi connectivity index (χ3n) is 0.952. The van der Waals surface area contributed by atoms with E-state index in [1.165, 1.54) is 6.07 Å². The quantitative estimate of drug-likeness (QED) is 0.537. The van der Waals surface area contributed by atoms with Crippen LogP contribution in [0.5, 0.6) is 5.75 Å². The smallest absolute Gasteiger partial charge is 0.115 e. The molecule has 0 radical (unpaired) electrons. The van der Waals surface area contributed by atoms with Crippen molar-refractivity contribution in [3.8, 4) is 5.75 Å². The average Bonchev–Trinajstić information content (AvgIpc) is 1.80. The minimum absolute atomic E-state index is 0.0422. The van der Waals surface area contributed by atoms with Crippen LogP contribution in [-0.4, -0.2) is 5.11 Å². The van der Waals surface area contributed by atoms with Gasteiger partial charge in [0.15, 0.2) is 0 Å². The van der Waals surface area contributed by atoms with Gasteiger partial charge in [0, 0.05) is 0 Å². The zero-order chi connectivity index (χ0) is 6.85. The monoisotopic (exact) mass is 109 g/mol. The van der Waals surface area contributed by atoms with Gasteiger partial charge in [0.25, 0.3) is 0 Å². The predicted molar refractivity (Wildman–Crippen MR) is 32.8 cm³/mol. The van der Waals surface area contributed by atoms with E-state index in [0.29, 0.717) is 0 Å². The fourth-order valence-corrected chi connectivity index (χ4v) is 0.494. The summed E-state index contributed by atoms with van der Waals surface area (Å²) in [6.45, 7) is 1.89. The van der Waals surface area contributed by atoms with Crippen molar-refractivity contribution in [3.63, 3.8) is 0 Å². The van der Waals surface area contributed by atoms with Crippen molar-refractivity contribution < 1.29 is 6.48 Å². The minimum atomic E-state index is 0.0422. The molecular formula is C7H8O. The van der Waals surface area contributed by atoms with Gasteiger partial charge in [-0.1, -0.05) is 17.7 Å². The molecule has 0 saturated carbocycles. The number of aromatic hydroxyl groups is 1. The molecular weight excluding hydrogens is 100 g/mol. The molecule has 1 aromatic rings. The summed E-state index contributed by atoms with van der Waals surface area (Å²) >= 11 is 0. The lowest BCUT2D eigenvalue weighted by molar-refractivity contribution is 0.475. The van der Waals surface area contributed by atoms with Crippen molar-refractivity contribution in [1.29, 1.82) is 0 Å². The minimum Gasteiger partial charge on any atom is -0.508 e. The van der Waals surface area contributed by atoms with Crippen LogP contribution in [0.3, 0.4) is 0 Å². The Labute approximate surface area is 50.0 Å². The molecule has 0 unspecified atom stereocenters. The van der Waals surface area contributed by atoms with E-state index in [0.717, 1.165) is 5.56 Å². The van der Waals surface area contributed by atoms with Gasteiger partial charge in [-0.05, 0) is 19.0 Å². The molecule has 42 valence electrons. The van der Waals surface area contributed by atoms with Gasteiger partial charge >= 0.3 is 0 Å². The van der Waals surface area contributed by atoms with E-state index in [4.69, 9.17) is 6.48 Å². The van der Waals surface area contributed by atoms with E-state index < -0.39 is 0 Å². The van der Waals surface area contributed by atoms with Crippen LogP contribution < -0.4 is 0 Å². The molecule has 0 heterocycles. The van der Waals surface area contributed by atoms with E-state index in [1.54, 1.807) is 12.1 Å². The van der Waals surface area contributed by atoms with Gasteiger partial charge in [0.2, 0.25) is 0 Å². The Balaban J connectivity index is 3.17. The van der Waals surface area contributed by atoms with Gasteiger partial charge in [-0.25, -0.2) is 0 Å². The van der Waals surface area contributed by atoms with Crippen molar-refractivity contribution in [2.45, 2.75) is 6.92 Å². The highest BCUT2D eigenvalue weighted by Crippen LogP contribution is 2.07. The maximum atomic E-state index is 8.86. The van der Waals surface area contributed by atoms with Crippen LogP contribution in [0.25, 0.3) is 0 Å². The highest BCUT2D eigenvalue weighted by molar-refractivity contribution is 5.24. The maximum Gasteiger partial charge on any atom is 0.115 e. The molecule has 1 aromatic carbocycles. The molecule has 0 amide bonds. The van der Waals surface area contributed by atoms with E-state index in [2.05, 4.69) is 0 Å². The van der Waals surface area contributed by atoms with Crippen LogP contribution >= 0.6 is 0 Å². The summed E-state index contributed by atoms with van der Waals surface area (Å²) in [5.74, 6) is 0.0422. The summed E-state index contributed by atoms with van der Waals surface area (Å²) in [7, 11) is 0. The Bertz CT molecular complexity index is 220. The Morgan fingerprint density at radius 1 is 1.50 bits per heavy atom. The molecule has 0 aliphatic heterocycles. The molecule has 0 atom stereocenters. The van der Waals surface area contributed by atoms with Crippen LogP contribution in [0.15, 0.2) is 24.2 Å². The molecule has 0 spiro atoms. The summed E-state index contributed by atoms with van der Waals surface area (Å²) in [4.78, 5) is 0. The predicted octanol–water partition coefficient (Wildman–Crippen LogP) is 1.70. The zero-order valence-electron chi connectivity index (χ0n) is 5.68. The van der Waals surface area contributed by atoms with Crippen LogP contribution in [0.2, 0.25) is 0 Å². The van der Waals surface area contributed by atoms with Crippen LogP contribution in [0.4, 0.5) is 0 Å². The van der Waals surface area contributed by atoms with Crippen LogP contribution in [0.1, 0.15) is 6.93 Å². The molecule has 0 bridgehead atoms. The summed E-state index contributed by atoms with van der Waals surface area (Å²) in [6, 6.07) is 5.11. The third kappa shape index (κ3) is 0.997. The van der Waals surface area contributed by atoms with E-state index in [-0.39, 0.29) is 11.8 Å². The van der Waals surface area contributed by atoms with Gasteiger partial charge in [0.05, 0.1) is 1.37 Å². The van der Waals surface area contributed by atoms with E-state index in [9.17, 15) is 0 Å². The Morgan fingerprint density at radius 3 is 2.75 bits per heavy atom. The second kappa shape index (κ2) is 1.86. The van der Waals surface area contributed by atoms with Gasteiger partial charge < -0.3 is 5.11 Å². The van der Waals surface area contributed by atoms with E-state index in [1.807, 2.05) is 6.92 Å².